The molecule has 1 heterocycles. The van der Waals surface area contributed by atoms with Gasteiger partial charge in [0.2, 0.25) is 11.5 Å². The number of Topliss-reactive ketones (excluding diaryl/α,β-unsaturated/α-hetero) is 1. The Morgan fingerprint density at radius 1 is 1.04 bits per heavy atom. The molecular formula is C22H20Br2O4. The van der Waals surface area contributed by atoms with E-state index in [9.17, 15) is 4.79 Å². The van der Waals surface area contributed by atoms with E-state index in [1.807, 2.05) is 48.5 Å². The molecule has 0 aromatic heterocycles. The normalized spacial score (nSPS) is 24.1. The van der Waals surface area contributed by atoms with Crippen molar-refractivity contribution < 1.29 is 19.0 Å². The quantitative estimate of drug-likeness (QED) is 0.514. The van der Waals surface area contributed by atoms with Crippen LogP contribution in [0.4, 0.5) is 0 Å². The van der Waals surface area contributed by atoms with Crippen LogP contribution in [0, 0.1) is 5.92 Å². The molecule has 0 N–H and O–H groups in total. The number of carbonyl (C=O) groups excluding carboxylic acids is 1. The highest BCUT2D eigenvalue weighted by molar-refractivity contribution is 9.10. The highest BCUT2D eigenvalue weighted by Gasteiger charge is 2.41. The lowest BCUT2D eigenvalue weighted by atomic mass is 9.80. The number of benzene rings is 2. The fourth-order valence-corrected chi connectivity index (χ4v) is 4.23. The van der Waals surface area contributed by atoms with E-state index in [0.717, 1.165) is 27.4 Å². The van der Waals surface area contributed by atoms with Gasteiger partial charge in [0.25, 0.3) is 0 Å². The second kappa shape index (κ2) is 8.80. The summed E-state index contributed by atoms with van der Waals surface area (Å²) in [6.07, 6.45) is 3.70. The number of rotatable bonds is 5. The van der Waals surface area contributed by atoms with E-state index in [2.05, 4.69) is 31.9 Å². The average molecular weight is 508 g/mol. The SMILES string of the molecule is O=C1C(Oc2ccccc2Br)=COC2CC(OCc3ccc(Br)cc3)CCC12. The fraction of sp³-hybridized carbons (Fsp3) is 0.318. The summed E-state index contributed by atoms with van der Waals surface area (Å²) in [5, 5.41) is 0. The van der Waals surface area contributed by atoms with E-state index in [-0.39, 0.29) is 29.7 Å². The number of allylic oxidation sites excluding steroid dienone is 1. The summed E-state index contributed by atoms with van der Waals surface area (Å²) in [6.45, 7) is 0.565. The second-order valence-electron chi connectivity index (χ2n) is 7.03. The zero-order valence-electron chi connectivity index (χ0n) is 15.1. The number of fused-ring (bicyclic) bond motifs is 1. The van der Waals surface area contributed by atoms with Crippen LogP contribution in [0.3, 0.4) is 0 Å². The van der Waals surface area contributed by atoms with Crippen LogP contribution in [0.15, 0.2) is 69.5 Å². The molecule has 6 heteroatoms. The Morgan fingerprint density at radius 3 is 2.61 bits per heavy atom. The topological polar surface area (TPSA) is 44.8 Å². The number of hydrogen-bond donors (Lipinski definition) is 0. The maximum absolute atomic E-state index is 12.9. The molecule has 1 saturated carbocycles. The Balaban J connectivity index is 1.35. The predicted molar refractivity (Wildman–Crippen MR) is 113 cm³/mol. The van der Waals surface area contributed by atoms with Gasteiger partial charge >= 0.3 is 0 Å². The number of ether oxygens (including phenoxy) is 3. The van der Waals surface area contributed by atoms with Gasteiger partial charge in [0.15, 0.2) is 0 Å². The summed E-state index contributed by atoms with van der Waals surface area (Å²) in [5.74, 6) is 0.714. The summed E-state index contributed by atoms with van der Waals surface area (Å²) in [7, 11) is 0. The third kappa shape index (κ3) is 4.50. The van der Waals surface area contributed by atoms with Gasteiger partial charge in [-0.3, -0.25) is 4.79 Å². The van der Waals surface area contributed by atoms with Crippen LogP contribution < -0.4 is 4.74 Å². The van der Waals surface area contributed by atoms with Gasteiger partial charge in [0.05, 0.1) is 23.1 Å². The minimum absolute atomic E-state index is 0.0124. The Hall–Kier alpha value is -1.63. The highest BCUT2D eigenvalue weighted by atomic mass is 79.9. The van der Waals surface area contributed by atoms with Gasteiger partial charge in [0, 0.05) is 10.9 Å². The smallest absolute Gasteiger partial charge is 0.208 e. The van der Waals surface area contributed by atoms with Gasteiger partial charge in [-0.05, 0) is 58.6 Å². The lowest BCUT2D eigenvalue weighted by Crippen LogP contribution is -2.42. The molecule has 146 valence electrons. The predicted octanol–water partition coefficient (Wildman–Crippen LogP) is 5.79. The van der Waals surface area contributed by atoms with Gasteiger partial charge in [-0.2, -0.15) is 0 Å². The van der Waals surface area contributed by atoms with Crippen molar-refractivity contribution in [3.63, 3.8) is 0 Å². The van der Waals surface area contributed by atoms with Gasteiger partial charge in [0.1, 0.15) is 18.1 Å². The molecule has 0 saturated heterocycles. The molecule has 4 nitrogen and oxygen atoms in total. The molecule has 28 heavy (non-hydrogen) atoms. The molecule has 0 bridgehead atoms. The Bertz CT molecular complexity index is 878. The van der Waals surface area contributed by atoms with E-state index in [0.29, 0.717) is 18.8 Å². The van der Waals surface area contributed by atoms with Crippen molar-refractivity contribution in [2.24, 2.45) is 5.92 Å². The summed E-state index contributed by atoms with van der Waals surface area (Å²) >= 11 is 6.88. The van der Waals surface area contributed by atoms with Crippen LogP contribution >= 0.6 is 31.9 Å². The van der Waals surface area contributed by atoms with Crippen molar-refractivity contribution in [3.8, 4) is 5.75 Å². The van der Waals surface area contributed by atoms with E-state index >= 15 is 0 Å². The Labute approximate surface area is 181 Å². The first-order valence-corrected chi connectivity index (χ1v) is 10.9. The third-order valence-electron chi connectivity index (χ3n) is 5.13. The van der Waals surface area contributed by atoms with Crippen LogP contribution in [0.5, 0.6) is 5.75 Å². The van der Waals surface area contributed by atoms with Crippen molar-refractivity contribution in [2.45, 2.75) is 38.1 Å². The minimum Gasteiger partial charge on any atom is -0.493 e. The molecule has 1 fully saturated rings. The first-order chi connectivity index (χ1) is 13.6. The molecule has 0 amide bonds. The molecular weight excluding hydrogens is 488 g/mol. The van der Waals surface area contributed by atoms with Gasteiger partial charge in [-0.15, -0.1) is 0 Å². The van der Waals surface area contributed by atoms with E-state index in [1.54, 1.807) is 0 Å². The molecule has 1 aliphatic heterocycles. The Morgan fingerprint density at radius 2 is 1.82 bits per heavy atom. The molecule has 2 aliphatic rings. The van der Waals surface area contributed by atoms with Crippen molar-refractivity contribution in [1.82, 2.24) is 0 Å². The van der Waals surface area contributed by atoms with Crippen LogP contribution in [0.2, 0.25) is 0 Å². The lowest BCUT2D eigenvalue weighted by Gasteiger charge is -2.37. The molecule has 3 atom stereocenters. The summed E-state index contributed by atoms with van der Waals surface area (Å²) < 4.78 is 19.6. The number of hydrogen-bond acceptors (Lipinski definition) is 4. The largest absolute Gasteiger partial charge is 0.493 e. The van der Waals surface area contributed by atoms with Crippen LogP contribution in [0.1, 0.15) is 24.8 Å². The van der Waals surface area contributed by atoms with E-state index < -0.39 is 0 Å². The highest BCUT2D eigenvalue weighted by Crippen LogP contribution is 2.36. The van der Waals surface area contributed by atoms with Crippen molar-refractivity contribution in [1.29, 1.82) is 0 Å². The maximum atomic E-state index is 12.9. The summed E-state index contributed by atoms with van der Waals surface area (Å²) in [6, 6.07) is 15.6. The minimum atomic E-state index is -0.171. The molecule has 2 aromatic carbocycles. The monoisotopic (exact) mass is 506 g/mol. The molecule has 4 rings (SSSR count). The standard InChI is InChI=1S/C22H20Br2O4/c23-15-7-5-14(6-8-15)12-26-16-9-10-17-20(11-16)27-13-21(22(17)25)28-19-4-2-1-3-18(19)24/h1-8,13,16-17,20H,9-12H2. The lowest BCUT2D eigenvalue weighted by molar-refractivity contribution is -0.134. The molecule has 3 unspecified atom stereocenters. The maximum Gasteiger partial charge on any atom is 0.208 e. The zero-order chi connectivity index (χ0) is 19.5. The first kappa shape index (κ1) is 19.7. The average Bonchev–Trinajstić information content (AvgIpc) is 2.71. The fourth-order valence-electron chi connectivity index (χ4n) is 3.60. The van der Waals surface area contributed by atoms with Crippen LogP contribution in [-0.4, -0.2) is 18.0 Å². The van der Waals surface area contributed by atoms with Crippen LogP contribution in [0.25, 0.3) is 0 Å². The number of halogens is 2. The van der Waals surface area contributed by atoms with Crippen molar-refractivity contribution >= 4 is 37.6 Å². The first-order valence-electron chi connectivity index (χ1n) is 9.28. The number of carbonyl (C=O) groups is 1. The number of para-hydroxylation sites is 1. The second-order valence-corrected chi connectivity index (χ2v) is 8.80. The van der Waals surface area contributed by atoms with Gasteiger partial charge in [-0.25, -0.2) is 0 Å². The molecule has 0 spiro atoms. The van der Waals surface area contributed by atoms with E-state index in [4.69, 9.17) is 14.2 Å². The van der Waals surface area contributed by atoms with Gasteiger partial charge < -0.3 is 14.2 Å². The summed E-state index contributed by atoms with van der Waals surface area (Å²) in [4.78, 5) is 12.9. The summed E-state index contributed by atoms with van der Waals surface area (Å²) in [5.41, 5.74) is 1.13. The third-order valence-corrected chi connectivity index (χ3v) is 6.31. The van der Waals surface area contributed by atoms with Crippen molar-refractivity contribution in [3.05, 3.63) is 75.1 Å². The number of ketones is 1. The van der Waals surface area contributed by atoms with Gasteiger partial charge in [-0.1, -0.05) is 40.2 Å². The molecule has 0 radical (unpaired) electrons. The zero-order valence-corrected chi connectivity index (χ0v) is 18.3. The molecule has 1 aliphatic carbocycles. The van der Waals surface area contributed by atoms with E-state index in [1.165, 1.54) is 6.26 Å². The van der Waals surface area contributed by atoms with Crippen LogP contribution in [-0.2, 0) is 20.9 Å². The molecule has 2 aromatic rings. The van der Waals surface area contributed by atoms with Crippen molar-refractivity contribution in [2.75, 3.05) is 0 Å². The Kier molecular flexibility index (Phi) is 6.19.